The normalized spacial score (nSPS) is 19.5. The number of aryl methyl sites for hydroxylation is 1. The highest BCUT2D eigenvalue weighted by atomic mass is 15.2. The molecule has 1 aliphatic rings. The number of anilines is 1. The minimum absolute atomic E-state index is 0.180. The van der Waals surface area contributed by atoms with E-state index in [2.05, 4.69) is 30.9 Å². The van der Waals surface area contributed by atoms with Crippen molar-refractivity contribution in [2.75, 3.05) is 11.4 Å². The minimum Gasteiger partial charge on any atom is -0.384 e. The van der Waals surface area contributed by atoms with Crippen molar-refractivity contribution in [2.24, 2.45) is 5.73 Å². The third-order valence-electron chi connectivity index (χ3n) is 4.00. The van der Waals surface area contributed by atoms with Gasteiger partial charge in [0.05, 0.1) is 0 Å². The van der Waals surface area contributed by atoms with Gasteiger partial charge < -0.3 is 10.6 Å². The SMILES string of the molecule is CCCC1CCCCN1c1ccc(C)cc1C(=N)N. The van der Waals surface area contributed by atoms with E-state index in [9.17, 15) is 0 Å². The van der Waals surface area contributed by atoms with Crippen LogP contribution in [0.4, 0.5) is 5.69 Å². The maximum Gasteiger partial charge on any atom is 0.124 e. The second-order valence-corrected chi connectivity index (χ2v) is 5.57. The van der Waals surface area contributed by atoms with Gasteiger partial charge in [-0.15, -0.1) is 0 Å². The van der Waals surface area contributed by atoms with Crippen LogP contribution in [0.3, 0.4) is 0 Å². The lowest BCUT2D eigenvalue weighted by atomic mass is 9.96. The average Bonchev–Trinajstić information content (AvgIpc) is 2.40. The van der Waals surface area contributed by atoms with Crippen molar-refractivity contribution < 1.29 is 0 Å². The molecule has 0 saturated carbocycles. The molecule has 0 aromatic heterocycles. The third-order valence-corrected chi connectivity index (χ3v) is 4.00. The predicted molar refractivity (Wildman–Crippen MR) is 82.1 cm³/mol. The number of nitrogens with zero attached hydrogens (tertiary/aromatic N) is 1. The zero-order valence-corrected chi connectivity index (χ0v) is 12.1. The standard InChI is InChI=1S/C16H25N3/c1-3-6-13-7-4-5-10-19(13)15-9-8-12(2)11-14(15)16(17)18/h8-9,11,13H,3-7,10H2,1-2H3,(H3,17,18). The quantitative estimate of drug-likeness (QED) is 0.643. The summed E-state index contributed by atoms with van der Waals surface area (Å²) in [6, 6.07) is 6.91. The van der Waals surface area contributed by atoms with Crippen LogP contribution in [0.15, 0.2) is 18.2 Å². The van der Waals surface area contributed by atoms with Gasteiger partial charge in [0, 0.05) is 23.8 Å². The molecule has 3 nitrogen and oxygen atoms in total. The van der Waals surface area contributed by atoms with Crippen LogP contribution < -0.4 is 10.6 Å². The number of rotatable bonds is 4. The van der Waals surface area contributed by atoms with Crippen molar-refractivity contribution in [3.05, 3.63) is 29.3 Å². The molecule has 3 heteroatoms. The van der Waals surface area contributed by atoms with E-state index in [0.717, 1.165) is 23.4 Å². The fraction of sp³-hybridized carbons (Fsp3) is 0.562. The van der Waals surface area contributed by atoms with Gasteiger partial charge in [-0.2, -0.15) is 0 Å². The maximum absolute atomic E-state index is 7.81. The van der Waals surface area contributed by atoms with Crippen LogP contribution in [-0.2, 0) is 0 Å². The van der Waals surface area contributed by atoms with Crippen LogP contribution in [0.2, 0.25) is 0 Å². The lowest BCUT2D eigenvalue weighted by molar-refractivity contribution is 0.434. The van der Waals surface area contributed by atoms with E-state index in [1.807, 2.05) is 6.07 Å². The summed E-state index contributed by atoms with van der Waals surface area (Å²) in [5.41, 5.74) is 8.97. The van der Waals surface area contributed by atoms with E-state index < -0.39 is 0 Å². The molecular formula is C16H25N3. The van der Waals surface area contributed by atoms with Gasteiger partial charge in [0.15, 0.2) is 0 Å². The first-order chi connectivity index (χ1) is 9.13. The molecule has 1 saturated heterocycles. The number of nitrogen functional groups attached to an aromatic ring is 1. The Bertz CT molecular complexity index is 451. The van der Waals surface area contributed by atoms with Crippen molar-refractivity contribution in [1.29, 1.82) is 5.41 Å². The first-order valence-corrected chi connectivity index (χ1v) is 7.35. The number of hydrogen-bond donors (Lipinski definition) is 2. The fourth-order valence-electron chi connectivity index (χ4n) is 3.07. The largest absolute Gasteiger partial charge is 0.384 e. The highest BCUT2D eigenvalue weighted by molar-refractivity contribution is 6.00. The number of amidine groups is 1. The van der Waals surface area contributed by atoms with Crippen molar-refractivity contribution >= 4 is 11.5 Å². The maximum atomic E-state index is 7.81. The minimum atomic E-state index is 0.180. The van der Waals surface area contributed by atoms with Gasteiger partial charge in [0.2, 0.25) is 0 Å². The molecular weight excluding hydrogens is 234 g/mol. The Kier molecular flexibility index (Phi) is 4.46. The van der Waals surface area contributed by atoms with Gasteiger partial charge in [-0.1, -0.05) is 25.0 Å². The molecule has 1 unspecified atom stereocenters. The first-order valence-electron chi connectivity index (χ1n) is 7.35. The summed E-state index contributed by atoms with van der Waals surface area (Å²) in [4.78, 5) is 2.48. The van der Waals surface area contributed by atoms with Gasteiger partial charge in [-0.25, -0.2) is 0 Å². The smallest absolute Gasteiger partial charge is 0.124 e. The van der Waals surface area contributed by atoms with Crippen LogP contribution in [0.1, 0.15) is 50.2 Å². The summed E-state index contributed by atoms with van der Waals surface area (Å²) >= 11 is 0. The number of piperidine rings is 1. The van der Waals surface area contributed by atoms with Crippen molar-refractivity contribution in [3.63, 3.8) is 0 Å². The number of nitrogens with two attached hydrogens (primary N) is 1. The van der Waals surface area contributed by atoms with E-state index in [-0.39, 0.29) is 5.84 Å². The third kappa shape index (κ3) is 3.09. The Morgan fingerprint density at radius 3 is 2.89 bits per heavy atom. The molecule has 1 aliphatic heterocycles. The highest BCUT2D eigenvalue weighted by Gasteiger charge is 2.24. The van der Waals surface area contributed by atoms with Crippen molar-refractivity contribution in [3.8, 4) is 0 Å². The van der Waals surface area contributed by atoms with Gasteiger partial charge in [-0.3, -0.25) is 5.41 Å². The summed E-state index contributed by atoms with van der Waals surface area (Å²) in [5.74, 6) is 0.180. The van der Waals surface area contributed by atoms with Crippen LogP contribution in [0.25, 0.3) is 0 Å². The van der Waals surface area contributed by atoms with Gasteiger partial charge in [0.1, 0.15) is 5.84 Å². The molecule has 1 heterocycles. The van der Waals surface area contributed by atoms with E-state index in [1.165, 1.54) is 32.1 Å². The lowest BCUT2D eigenvalue weighted by Crippen LogP contribution is -2.40. The number of benzene rings is 1. The topological polar surface area (TPSA) is 53.1 Å². The molecule has 0 bridgehead atoms. The highest BCUT2D eigenvalue weighted by Crippen LogP contribution is 2.30. The molecule has 2 rings (SSSR count). The van der Waals surface area contributed by atoms with E-state index >= 15 is 0 Å². The Balaban J connectivity index is 2.35. The fourth-order valence-corrected chi connectivity index (χ4v) is 3.07. The summed E-state index contributed by atoms with van der Waals surface area (Å²) in [6.45, 7) is 5.39. The van der Waals surface area contributed by atoms with E-state index in [1.54, 1.807) is 0 Å². The Morgan fingerprint density at radius 2 is 2.21 bits per heavy atom. The monoisotopic (exact) mass is 259 g/mol. The summed E-state index contributed by atoms with van der Waals surface area (Å²) in [6.07, 6.45) is 6.26. The molecule has 1 fully saturated rings. The zero-order chi connectivity index (χ0) is 13.8. The molecule has 104 valence electrons. The molecule has 0 spiro atoms. The van der Waals surface area contributed by atoms with Gasteiger partial charge >= 0.3 is 0 Å². The van der Waals surface area contributed by atoms with Crippen molar-refractivity contribution in [1.82, 2.24) is 0 Å². The number of nitrogens with one attached hydrogen (secondary N) is 1. The molecule has 1 atom stereocenters. The predicted octanol–water partition coefficient (Wildman–Crippen LogP) is 3.44. The average molecular weight is 259 g/mol. The van der Waals surface area contributed by atoms with Gasteiger partial charge in [-0.05, 0) is 44.7 Å². The molecule has 19 heavy (non-hydrogen) atoms. The van der Waals surface area contributed by atoms with Crippen molar-refractivity contribution in [2.45, 2.75) is 52.0 Å². The summed E-state index contributed by atoms with van der Waals surface area (Å²) in [5, 5.41) is 7.81. The molecule has 0 radical (unpaired) electrons. The van der Waals surface area contributed by atoms with Gasteiger partial charge in [0.25, 0.3) is 0 Å². The Morgan fingerprint density at radius 1 is 1.42 bits per heavy atom. The molecule has 3 N–H and O–H groups in total. The summed E-state index contributed by atoms with van der Waals surface area (Å²) in [7, 11) is 0. The second-order valence-electron chi connectivity index (χ2n) is 5.57. The summed E-state index contributed by atoms with van der Waals surface area (Å²) < 4.78 is 0. The second kappa shape index (κ2) is 6.09. The lowest BCUT2D eigenvalue weighted by Gasteiger charge is -2.38. The number of hydrogen-bond acceptors (Lipinski definition) is 2. The van der Waals surface area contributed by atoms with E-state index in [0.29, 0.717) is 6.04 Å². The molecule has 0 amide bonds. The molecule has 1 aromatic rings. The zero-order valence-electron chi connectivity index (χ0n) is 12.1. The van der Waals surface area contributed by atoms with Crippen LogP contribution >= 0.6 is 0 Å². The van der Waals surface area contributed by atoms with Crippen LogP contribution in [-0.4, -0.2) is 18.4 Å². The molecule has 0 aliphatic carbocycles. The van der Waals surface area contributed by atoms with Crippen LogP contribution in [0.5, 0.6) is 0 Å². The Labute approximate surface area is 116 Å². The first kappa shape index (κ1) is 13.9. The molecule has 1 aromatic carbocycles. The Hall–Kier alpha value is -1.51. The van der Waals surface area contributed by atoms with E-state index in [4.69, 9.17) is 11.1 Å². The van der Waals surface area contributed by atoms with Crippen LogP contribution in [0, 0.1) is 12.3 Å².